The Kier molecular flexibility index (Phi) is 28.2. The summed E-state index contributed by atoms with van der Waals surface area (Å²) in [7, 11) is 0. The van der Waals surface area contributed by atoms with Crippen molar-refractivity contribution in [2.75, 3.05) is 90.4 Å². The number of amides is 3. The molecule has 27 heteroatoms. The minimum Gasteiger partial charge on any atom is -0.481 e. The van der Waals surface area contributed by atoms with Crippen LogP contribution >= 0.6 is 34.8 Å². The van der Waals surface area contributed by atoms with Crippen LogP contribution in [0, 0.1) is 3.57 Å². The SMILES string of the molecule is O=C(O)CC[C@H](NC(=O)N[C@@H](CCCCN(Cc1ccc(I)cc1)C(=O)CCCCNC(=S)Nc1ccc(CC2CN(CC(=O)O)CCN(CC(=O)O)CCN(CC(=O)O)CCN2CC(=O)O)cc1)C(=O)O)C(=O)O. The Bertz CT molecular complexity index is 2250. The molecule has 0 radical (unpaired) electrons. The number of hydrogen-bond donors (Lipinski definition) is 11. The molecule has 0 bridgehead atoms. The van der Waals surface area contributed by atoms with Gasteiger partial charge < -0.3 is 61.9 Å². The summed E-state index contributed by atoms with van der Waals surface area (Å²) >= 11 is 7.71. The molecule has 2 aromatic rings. The average molecular weight is 1190 g/mol. The summed E-state index contributed by atoms with van der Waals surface area (Å²) in [6.45, 7) is 0.786. The molecule has 0 aromatic heterocycles. The number of carbonyl (C=O) groups excluding carboxylic acids is 2. The third-order valence-electron chi connectivity index (χ3n) is 12.0. The molecular formula is C48H68IN9O16S. The van der Waals surface area contributed by atoms with E-state index in [4.69, 9.17) is 17.3 Å². The summed E-state index contributed by atoms with van der Waals surface area (Å²) in [6.07, 6.45) is 1.34. The highest BCUT2D eigenvalue weighted by Crippen LogP contribution is 2.17. The first kappa shape index (κ1) is 63.0. The number of rotatable bonds is 30. The van der Waals surface area contributed by atoms with Gasteiger partial charge in [0.2, 0.25) is 5.91 Å². The van der Waals surface area contributed by atoms with Gasteiger partial charge >= 0.3 is 47.8 Å². The Morgan fingerprint density at radius 3 is 1.67 bits per heavy atom. The lowest BCUT2D eigenvalue weighted by Crippen LogP contribution is -2.53. The van der Waals surface area contributed by atoms with Gasteiger partial charge in [-0.25, -0.2) is 14.4 Å². The van der Waals surface area contributed by atoms with Gasteiger partial charge in [-0.1, -0.05) is 24.3 Å². The molecule has 3 atom stereocenters. The van der Waals surface area contributed by atoms with Crippen LogP contribution in [0.4, 0.5) is 10.5 Å². The Morgan fingerprint density at radius 1 is 0.600 bits per heavy atom. The molecular weight excluding hydrogens is 1120 g/mol. The van der Waals surface area contributed by atoms with Gasteiger partial charge in [0, 0.05) is 93.6 Å². The predicted octanol–water partition coefficient (Wildman–Crippen LogP) is 1.49. The van der Waals surface area contributed by atoms with Crippen molar-refractivity contribution < 1.29 is 78.9 Å². The molecule has 1 heterocycles. The van der Waals surface area contributed by atoms with Crippen molar-refractivity contribution in [3.8, 4) is 0 Å². The van der Waals surface area contributed by atoms with Crippen molar-refractivity contribution in [3.05, 3.63) is 63.2 Å². The van der Waals surface area contributed by atoms with Crippen LogP contribution in [0.25, 0.3) is 0 Å². The van der Waals surface area contributed by atoms with E-state index in [1.165, 1.54) is 0 Å². The second kappa shape index (κ2) is 33.6. The number of aliphatic carboxylic acids is 7. The summed E-state index contributed by atoms with van der Waals surface area (Å²) in [5.74, 6) is -8.60. The third-order valence-corrected chi connectivity index (χ3v) is 13.0. The first-order valence-electron chi connectivity index (χ1n) is 24.3. The number of thiocarbonyl (C=S) groups is 1. The lowest BCUT2D eigenvalue weighted by atomic mass is 10.0. The van der Waals surface area contributed by atoms with Gasteiger partial charge in [0.1, 0.15) is 12.1 Å². The van der Waals surface area contributed by atoms with Crippen molar-refractivity contribution in [2.24, 2.45) is 0 Å². The molecule has 0 spiro atoms. The van der Waals surface area contributed by atoms with E-state index in [9.17, 15) is 73.8 Å². The molecule has 3 rings (SSSR count). The van der Waals surface area contributed by atoms with Crippen molar-refractivity contribution in [3.63, 3.8) is 0 Å². The summed E-state index contributed by atoms with van der Waals surface area (Å²) < 4.78 is 1.01. The normalized spacial score (nSPS) is 15.9. The first-order chi connectivity index (χ1) is 35.6. The Morgan fingerprint density at radius 2 is 1.12 bits per heavy atom. The average Bonchev–Trinajstić information content (AvgIpc) is 3.32. The van der Waals surface area contributed by atoms with Gasteiger partial charge in [-0.2, -0.15) is 0 Å². The standard InChI is InChI=1S/C48H68IN9O16S/c49-34-11-7-33(8-12-34)26-58(18-4-2-5-37(45(70)71)52-47(74)53-38(46(72)73)15-16-40(60)61)39(59)6-1-3-17-50-48(75)51-35-13-9-32(10-14-35)25-36-27-56(30-43(66)67)22-21-54(28-41(62)63)19-20-55(29-42(64)65)23-24-57(36)31-44(68)69/h7-14,36-38H,1-6,15-31H2,(H,60,61)(H,62,63)(H,64,65)(H,66,67)(H,68,69)(H,70,71)(H,72,73)(H2,50,51,75)(H2,52,53,74)/t36?,37-,38-/m0/s1. The number of carbonyl (C=O) groups is 9. The number of carboxylic acid groups (broad SMARTS) is 7. The molecule has 1 fully saturated rings. The fraction of sp³-hybridized carbons (Fsp3) is 0.542. The molecule has 1 unspecified atom stereocenters. The van der Waals surface area contributed by atoms with Gasteiger partial charge in [0.15, 0.2) is 5.11 Å². The Labute approximate surface area is 452 Å². The van der Waals surface area contributed by atoms with Crippen LogP contribution in [0.2, 0.25) is 0 Å². The zero-order chi connectivity index (χ0) is 55.5. The zero-order valence-electron chi connectivity index (χ0n) is 41.4. The van der Waals surface area contributed by atoms with Gasteiger partial charge in [-0.05, 0) is 115 Å². The summed E-state index contributed by atoms with van der Waals surface area (Å²) in [4.78, 5) is 116. The van der Waals surface area contributed by atoms with Gasteiger partial charge in [0.05, 0.1) is 26.2 Å². The fourth-order valence-electron chi connectivity index (χ4n) is 8.18. The number of carboxylic acids is 7. The number of urea groups is 1. The Balaban J connectivity index is 1.58. The molecule has 3 amide bonds. The highest BCUT2D eigenvalue weighted by Gasteiger charge is 2.29. The maximum Gasteiger partial charge on any atom is 0.326 e. The summed E-state index contributed by atoms with van der Waals surface area (Å²) in [5.41, 5.74) is 2.33. The van der Waals surface area contributed by atoms with Crippen LogP contribution in [-0.2, 0) is 51.3 Å². The lowest BCUT2D eigenvalue weighted by molar-refractivity contribution is -0.142. The quantitative estimate of drug-likeness (QED) is 0.0300. The molecule has 414 valence electrons. The molecule has 0 saturated carbocycles. The van der Waals surface area contributed by atoms with Gasteiger partial charge in [-0.15, -0.1) is 0 Å². The minimum absolute atomic E-state index is 0.0231. The van der Waals surface area contributed by atoms with E-state index in [0.717, 1.165) is 14.7 Å². The first-order valence-corrected chi connectivity index (χ1v) is 25.7. The number of nitrogens with zero attached hydrogens (tertiary/aromatic N) is 5. The smallest absolute Gasteiger partial charge is 0.326 e. The highest BCUT2D eigenvalue weighted by atomic mass is 127. The third kappa shape index (κ3) is 26.7. The van der Waals surface area contributed by atoms with E-state index in [-0.39, 0.29) is 90.7 Å². The molecule has 0 aliphatic carbocycles. The lowest BCUT2D eigenvalue weighted by Gasteiger charge is -2.37. The molecule has 75 heavy (non-hydrogen) atoms. The van der Waals surface area contributed by atoms with Crippen molar-refractivity contribution in [1.82, 2.24) is 40.4 Å². The number of anilines is 1. The largest absolute Gasteiger partial charge is 0.481 e. The van der Waals surface area contributed by atoms with E-state index in [0.29, 0.717) is 56.0 Å². The van der Waals surface area contributed by atoms with Crippen LogP contribution in [0.5, 0.6) is 0 Å². The van der Waals surface area contributed by atoms with Crippen LogP contribution in [0.1, 0.15) is 62.5 Å². The maximum absolute atomic E-state index is 13.6. The van der Waals surface area contributed by atoms with Gasteiger partial charge in [0.25, 0.3) is 0 Å². The number of halogens is 1. The molecule has 2 aromatic carbocycles. The summed E-state index contributed by atoms with van der Waals surface area (Å²) in [5, 5.41) is 77.6. The fourth-order valence-corrected chi connectivity index (χ4v) is 8.76. The minimum atomic E-state index is -1.54. The number of benzene rings is 2. The van der Waals surface area contributed by atoms with Crippen molar-refractivity contribution >= 4 is 99.3 Å². The highest BCUT2D eigenvalue weighted by molar-refractivity contribution is 14.1. The maximum atomic E-state index is 13.6. The number of unbranched alkanes of at least 4 members (excludes halogenated alkanes) is 2. The van der Waals surface area contributed by atoms with E-state index in [1.54, 1.807) is 36.6 Å². The second-order valence-electron chi connectivity index (χ2n) is 18.0. The molecule has 1 aliphatic heterocycles. The van der Waals surface area contributed by atoms with E-state index >= 15 is 0 Å². The van der Waals surface area contributed by atoms with E-state index in [1.807, 2.05) is 36.4 Å². The second-order valence-corrected chi connectivity index (χ2v) is 19.6. The molecule has 1 saturated heterocycles. The van der Waals surface area contributed by atoms with E-state index in [2.05, 4.69) is 43.9 Å². The van der Waals surface area contributed by atoms with Crippen LogP contribution in [-0.4, -0.2) is 222 Å². The number of nitrogens with one attached hydrogen (secondary N) is 4. The van der Waals surface area contributed by atoms with Gasteiger partial charge in [-0.3, -0.25) is 48.4 Å². The predicted molar refractivity (Wildman–Crippen MR) is 283 cm³/mol. The molecule has 1 aliphatic rings. The van der Waals surface area contributed by atoms with Crippen LogP contribution in [0.15, 0.2) is 48.5 Å². The van der Waals surface area contributed by atoms with Crippen molar-refractivity contribution in [2.45, 2.75) is 82.5 Å². The topological polar surface area (TPSA) is 360 Å². The van der Waals surface area contributed by atoms with Crippen LogP contribution < -0.4 is 21.3 Å². The number of hydrogen-bond acceptors (Lipinski definition) is 14. The van der Waals surface area contributed by atoms with E-state index < -0.39 is 85.3 Å². The molecule has 11 N–H and O–H groups in total. The molecule has 25 nitrogen and oxygen atoms in total. The zero-order valence-corrected chi connectivity index (χ0v) is 44.4. The summed E-state index contributed by atoms with van der Waals surface area (Å²) in [6, 6.07) is 10.4. The Hall–Kier alpha value is -6.27. The van der Waals surface area contributed by atoms with Crippen molar-refractivity contribution in [1.29, 1.82) is 0 Å². The van der Waals surface area contributed by atoms with Crippen LogP contribution in [0.3, 0.4) is 0 Å². The monoisotopic (exact) mass is 1190 g/mol.